The number of aliphatic carboxylic acids is 1. The van der Waals surface area contributed by atoms with E-state index in [0.717, 1.165) is 71.1 Å². The predicted octanol–water partition coefficient (Wildman–Crippen LogP) is 6.06. The summed E-state index contributed by atoms with van der Waals surface area (Å²) in [5.74, 6) is 1.82. The normalized spacial score (nSPS) is 47.7. The van der Waals surface area contributed by atoms with Crippen molar-refractivity contribution in [2.45, 2.75) is 112 Å². The number of carbonyl (C=O) groups excluding carboxylic acids is 1. The molecular weight excluding hydrogens is 526 g/mol. The number of urea groups is 1. The van der Waals surface area contributed by atoms with Crippen LogP contribution in [0.3, 0.4) is 0 Å². The molecule has 42 heavy (non-hydrogen) atoms. The Morgan fingerprint density at radius 3 is 2.19 bits per heavy atom. The highest BCUT2D eigenvalue weighted by molar-refractivity contribution is 5.76. The largest absolute Gasteiger partial charge is 0.481 e. The van der Waals surface area contributed by atoms with Gasteiger partial charge in [0.25, 0.3) is 0 Å². The summed E-state index contributed by atoms with van der Waals surface area (Å²) >= 11 is 0. The average Bonchev–Trinajstić information content (AvgIpc) is 2.94. The molecule has 0 aromatic carbocycles. The predicted molar refractivity (Wildman–Crippen MR) is 167 cm³/mol. The van der Waals surface area contributed by atoms with Crippen molar-refractivity contribution in [3.05, 3.63) is 11.6 Å². The SMILES string of the molecule is C[C@H]1[C@H](C)CC[C@]2(C(=O)O)CC[C@]3(C)C(=CC[C@@H]4[C@@]5(C)CC[C@H](O)C(C)(C)C5CC[C@]43C)[C@H]12.NC(=O)N1CCNCC1. The van der Waals surface area contributed by atoms with Crippen molar-refractivity contribution in [3.8, 4) is 0 Å². The molecule has 5 N–H and O–H groups in total. The van der Waals surface area contributed by atoms with Gasteiger partial charge in [0.1, 0.15) is 0 Å². The lowest BCUT2D eigenvalue weighted by atomic mass is 9.33. The summed E-state index contributed by atoms with van der Waals surface area (Å²) in [7, 11) is 0. The van der Waals surface area contributed by atoms with Gasteiger partial charge in [-0.3, -0.25) is 4.79 Å². The van der Waals surface area contributed by atoms with E-state index in [0.29, 0.717) is 23.7 Å². The highest BCUT2D eigenvalue weighted by Crippen LogP contribution is 2.75. The van der Waals surface area contributed by atoms with Crippen molar-refractivity contribution in [2.24, 2.45) is 62.4 Å². The van der Waals surface area contributed by atoms with Gasteiger partial charge in [0.15, 0.2) is 0 Å². The number of amides is 2. The molecule has 2 amide bonds. The summed E-state index contributed by atoms with van der Waals surface area (Å²) in [6, 6.07) is -0.309. The Balaban J connectivity index is 0.000000336. The molecule has 1 heterocycles. The van der Waals surface area contributed by atoms with Gasteiger partial charge in [-0.15, -0.1) is 0 Å². The van der Waals surface area contributed by atoms with E-state index < -0.39 is 11.4 Å². The van der Waals surface area contributed by atoms with Crippen molar-refractivity contribution in [2.75, 3.05) is 26.2 Å². The van der Waals surface area contributed by atoms with Crippen molar-refractivity contribution in [1.29, 1.82) is 0 Å². The fraction of sp³-hybridized carbons (Fsp3) is 0.886. The molecule has 10 atom stereocenters. The Bertz CT molecular complexity index is 1100. The first-order valence-corrected chi connectivity index (χ1v) is 16.9. The Labute approximate surface area is 254 Å². The minimum atomic E-state index is -0.557. The number of hydrogen-bond acceptors (Lipinski definition) is 4. The van der Waals surface area contributed by atoms with Gasteiger partial charge in [-0.25, -0.2) is 4.79 Å². The molecule has 4 saturated carbocycles. The molecule has 0 aromatic rings. The highest BCUT2D eigenvalue weighted by Gasteiger charge is 2.69. The number of carboxylic acid groups (broad SMARTS) is 1. The Morgan fingerprint density at radius 1 is 0.929 bits per heavy atom. The van der Waals surface area contributed by atoms with Crippen LogP contribution in [0.15, 0.2) is 11.6 Å². The highest BCUT2D eigenvalue weighted by atomic mass is 16.4. The molecule has 0 spiro atoms. The second-order valence-corrected chi connectivity index (χ2v) is 16.6. The molecule has 7 nitrogen and oxygen atoms in total. The van der Waals surface area contributed by atoms with Crippen LogP contribution < -0.4 is 11.1 Å². The molecule has 6 rings (SSSR count). The van der Waals surface area contributed by atoms with Crippen LogP contribution in [0.1, 0.15) is 106 Å². The molecular formula is C35H59N3O4. The number of primary amides is 1. The van der Waals surface area contributed by atoms with Crippen LogP contribution in [-0.4, -0.2) is 59.4 Å². The second-order valence-electron chi connectivity index (χ2n) is 16.6. The average molecular weight is 586 g/mol. The number of rotatable bonds is 1. The lowest BCUT2D eigenvalue weighted by molar-refractivity contribution is -0.206. The monoisotopic (exact) mass is 585 g/mol. The molecule has 5 aliphatic carbocycles. The Hall–Kier alpha value is -1.60. The number of aliphatic hydroxyl groups is 1. The van der Waals surface area contributed by atoms with Crippen molar-refractivity contribution in [3.63, 3.8) is 0 Å². The zero-order valence-corrected chi connectivity index (χ0v) is 27.5. The fourth-order valence-corrected chi connectivity index (χ4v) is 11.7. The number of carboxylic acids is 1. The lowest BCUT2D eigenvalue weighted by Gasteiger charge is -2.71. The zero-order chi connectivity index (χ0) is 30.9. The quantitative estimate of drug-likeness (QED) is 0.279. The number of hydrogen-bond donors (Lipinski definition) is 4. The summed E-state index contributed by atoms with van der Waals surface area (Å²) in [4.78, 5) is 24.9. The van der Waals surface area contributed by atoms with E-state index in [1.54, 1.807) is 4.90 Å². The van der Waals surface area contributed by atoms with E-state index in [4.69, 9.17) is 5.73 Å². The van der Waals surface area contributed by atoms with Gasteiger partial charge >= 0.3 is 12.0 Å². The zero-order valence-electron chi connectivity index (χ0n) is 27.5. The van der Waals surface area contributed by atoms with Crippen LogP contribution in [0.2, 0.25) is 0 Å². The van der Waals surface area contributed by atoms with Gasteiger partial charge < -0.3 is 26.2 Å². The first-order valence-electron chi connectivity index (χ1n) is 16.9. The van der Waals surface area contributed by atoms with Crippen LogP contribution in [0.25, 0.3) is 0 Å². The van der Waals surface area contributed by atoms with Crippen LogP contribution in [0.5, 0.6) is 0 Å². The van der Waals surface area contributed by atoms with E-state index in [2.05, 4.69) is 59.9 Å². The van der Waals surface area contributed by atoms with Gasteiger partial charge in [-0.2, -0.15) is 0 Å². The summed E-state index contributed by atoms with van der Waals surface area (Å²) in [5.41, 5.74) is 6.48. The van der Waals surface area contributed by atoms with Gasteiger partial charge in [-0.1, -0.05) is 60.1 Å². The van der Waals surface area contributed by atoms with Crippen LogP contribution in [0.4, 0.5) is 4.79 Å². The number of nitrogens with zero attached hydrogens (tertiary/aromatic N) is 1. The maximum Gasteiger partial charge on any atom is 0.314 e. The molecule has 5 fully saturated rings. The second kappa shape index (κ2) is 10.8. The molecule has 1 saturated heterocycles. The number of carbonyl (C=O) groups is 2. The maximum atomic E-state index is 12.8. The number of nitrogens with one attached hydrogen (secondary N) is 1. The van der Waals surface area contributed by atoms with Gasteiger partial charge in [0.05, 0.1) is 11.5 Å². The third-order valence-electron chi connectivity index (χ3n) is 14.8. The number of nitrogens with two attached hydrogens (primary N) is 1. The van der Waals surface area contributed by atoms with Crippen molar-refractivity contribution < 1.29 is 19.8 Å². The number of allylic oxidation sites excluding steroid dienone is 2. The lowest BCUT2D eigenvalue weighted by Crippen LogP contribution is -2.65. The summed E-state index contributed by atoms with van der Waals surface area (Å²) < 4.78 is 0. The smallest absolute Gasteiger partial charge is 0.314 e. The number of fused-ring (bicyclic) bond motifs is 7. The summed E-state index contributed by atoms with van der Waals surface area (Å²) in [5, 5.41) is 24.5. The van der Waals surface area contributed by atoms with Gasteiger partial charge in [-0.05, 0) is 109 Å². The van der Waals surface area contributed by atoms with E-state index in [1.165, 1.54) is 18.4 Å². The summed E-state index contributed by atoms with van der Waals surface area (Å²) in [6.07, 6.45) is 11.6. The molecule has 6 aliphatic rings. The summed E-state index contributed by atoms with van der Waals surface area (Å²) in [6.45, 7) is 20.2. The Morgan fingerprint density at radius 2 is 1.60 bits per heavy atom. The van der Waals surface area contributed by atoms with Crippen LogP contribution >= 0.6 is 0 Å². The van der Waals surface area contributed by atoms with E-state index in [1.807, 2.05) is 0 Å². The first kappa shape index (κ1) is 31.8. The van der Waals surface area contributed by atoms with Gasteiger partial charge in [0.2, 0.25) is 0 Å². The topological polar surface area (TPSA) is 116 Å². The van der Waals surface area contributed by atoms with Gasteiger partial charge in [0, 0.05) is 26.2 Å². The standard InChI is InChI=1S/C30H48O3.C5H11N3O/c1-18-10-15-30(25(32)33)17-16-28(6)20(24(30)19(18)2)8-9-22-27(5)13-12-23(31)26(3,4)21(27)11-14-29(22,28)7;6-5(9)8-3-1-7-2-4-8/h8,18-19,21-24,31H,9-17H2,1-7H3,(H,32,33);7H,1-4H2,(H2,6,9)/t18-,19+,21?,22-,23+,24+,27+,28-,29-,30+;/m1./s1. The molecule has 1 aliphatic heterocycles. The third-order valence-corrected chi connectivity index (χ3v) is 14.8. The minimum Gasteiger partial charge on any atom is -0.481 e. The van der Waals surface area contributed by atoms with E-state index in [9.17, 15) is 19.8 Å². The Kier molecular flexibility index (Phi) is 8.17. The van der Waals surface area contributed by atoms with Crippen molar-refractivity contribution >= 4 is 12.0 Å². The molecule has 0 aromatic heterocycles. The molecule has 7 heteroatoms. The van der Waals surface area contributed by atoms with Crippen LogP contribution in [0, 0.1) is 56.7 Å². The molecule has 238 valence electrons. The maximum absolute atomic E-state index is 12.8. The molecule has 0 bridgehead atoms. The minimum absolute atomic E-state index is 0.0302. The number of aliphatic hydroxyl groups excluding tert-OH is 1. The molecule has 0 radical (unpaired) electrons. The van der Waals surface area contributed by atoms with E-state index in [-0.39, 0.29) is 39.7 Å². The third kappa shape index (κ3) is 4.49. The fourth-order valence-electron chi connectivity index (χ4n) is 11.7. The van der Waals surface area contributed by atoms with E-state index >= 15 is 0 Å². The van der Waals surface area contributed by atoms with Crippen LogP contribution in [-0.2, 0) is 4.79 Å². The molecule has 1 unspecified atom stereocenters. The van der Waals surface area contributed by atoms with Crippen molar-refractivity contribution in [1.82, 2.24) is 10.2 Å². The number of piperazine rings is 1. The first-order chi connectivity index (χ1) is 19.6.